The molecule has 2 rings (SSSR count). The zero-order valence-corrected chi connectivity index (χ0v) is 10.7. The predicted molar refractivity (Wildman–Crippen MR) is 65.3 cm³/mol. The van der Waals surface area contributed by atoms with Crippen molar-refractivity contribution in [3.63, 3.8) is 0 Å². The van der Waals surface area contributed by atoms with E-state index in [1.807, 2.05) is 4.90 Å². The molecule has 0 aliphatic carbocycles. The van der Waals surface area contributed by atoms with Crippen LogP contribution in [0.15, 0.2) is 10.6 Å². The number of alkyl halides is 1. The van der Waals surface area contributed by atoms with E-state index in [4.69, 9.17) is 16.1 Å². The highest BCUT2D eigenvalue weighted by Gasteiger charge is 2.27. The summed E-state index contributed by atoms with van der Waals surface area (Å²) in [5, 5.41) is 3.78. The summed E-state index contributed by atoms with van der Waals surface area (Å²) in [5.74, 6) is 1.09. The monoisotopic (exact) mass is 256 g/mol. The van der Waals surface area contributed by atoms with Crippen LogP contribution in [-0.2, 0) is 0 Å². The van der Waals surface area contributed by atoms with Gasteiger partial charge < -0.3 is 9.42 Å². The summed E-state index contributed by atoms with van der Waals surface area (Å²) >= 11 is 5.95. The van der Waals surface area contributed by atoms with Crippen LogP contribution in [0.25, 0.3) is 0 Å². The summed E-state index contributed by atoms with van der Waals surface area (Å²) in [6, 6.07) is 1.81. The lowest BCUT2D eigenvalue weighted by atomic mass is 10.1. The fourth-order valence-electron chi connectivity index (χ4n) is 2.22. The molecule has 0 spiro atoms. The molecule has 2 heterocycles. The second-order valence-corrected chi connectivity index (χ2v) is 4.79. The summed E-state index contributed by atoms with van der Waals surface area (Å²) in [6.07, 6.45) is 4.32. The van der Waals surface area contributed by atoms with Crippen molar-refractivity contribution in [3.8, 4) is 0 Å². The van der Waals surface area contributed by atoms with Crippen molar-refractivity contribution in [1.29, 1.82) is 0 Å². The molecule has 0 N–H and O–H groups in total. The standard InChI is InChI=1S/C12H17ClN2O2/c1-9-7-11(14-17-9)12(16)15-6-4-2-3-5-10(15)8-13/h7,10H,2-6,8H2,1H3. The van der Waals surface area contributed by atoms with E-state index in [1.165, 1.54) is 0 Å². The average Bonchev–Trinajstić information content (AvgIpc) is 2.64. The van der Waals surface area contributed by atoms with Crippen LogP contribution in [0, 0.1) is 6.92 Å². The molecule has 1 aliphatic heterocycles. The minimum absolute atomic E-state index is 0.0607. The van der Waals surface area contributed by atoms with Crippen LogP contribution in [0.2, 0.25) is 0 Å². The summed E-state index contributed by atoms with van der Waals surface area (Å²) in [4.78, 5) is 14.1. The average molecular weight is 257 g/mol. The maximum absolute atomic E-state index is 12.3. The first-order chi connectivity index (χ1) is 8.22. The molecule has 1 fully saturated rings. The Morgan fingerprint density at radius 3 is 3.06 bits per heavy atom. The molecule has 1 atom stereocenters. The molecule has 4 nitrogen and oxygen atoms in total. The van der Waals surface area contributed by atoms with E-state index in [-0.39, 0.29) is 11.9 Å². The van der Waals surface area contributed by atoms with Gasteiger partial charge in [0, 0.05) is 24.5 Å². The maximum atomic E-state index is 12.3. The van der Waals surface area contributed by atoms with Crippen molar-refractivity contribution in [3.05, 3.63) is 17.5 Å². The highest BCUT2D eigenvalue weighted by molar-refractivity contribution is 6.18. The SMILES string of the molecule is Cc1cc(C(=O)N2CCCCCC2CCl)no1. The van der Waals surface area contributed by atoms with E-state index in [2.05, 4.69) is 5.16 Å². The van der Waals surface area contributed by atoms with Gasteiger partial charge in [0.25, 0.3) is 5.91 Å². The van der Waals surface area contributed by atoms with Gasteiger partial charge in [-0.2, -0.15) is 0 Å². The number of hydrogen-bond donors (Lipinski definition) is 0. The molecule has 0 bridgehead atoms. The lowest BCUT2D eigenvalue weighted by Gasteiger charge is -2.27. The summed E-state index contributed by atoms with van der Waals surface area (Å²) < 4.78 is 4.95. The Morgan fingerprint density at radius 1 is 1.59 bits per heavy atom. The Labute approximate surface area is 106 Å². The third kappa shape index (κ3) is 2.80. The van der Waals surface area contributed by atoms with Gasteiger partial charge in [-0.1, -0.05) is 18.0 Å². The Bertz CT molecular complexity index is 392. The molecule has 0 saturated carbocycles. The molecule has 1 amide bonds. The van der Waals surface area contributed by atoms with Gasteiger partial charge in [0.05, 0.1) is 0 Å². The van der Waals surface area contributed by atoms with Crippen LogP contribution >= 0.6 is 11.6 Å². The van der Waals surface area contributed by atoms with Gasteiger partial charge in [-0.05, 0) is 19.8 Å². The molecule has 1 saturated heterocycles. The van der Waals surface area contributed by atoms with Crippen LogP contribution in [0.1, 0.15) is 41.9 Å². The molecule has 94 valence electrons. The molecule has 17 heavy (non-hydrogen) atoms. The number of carbonyl (C=O) groups excluding carboxylic acids is 1. The fraction of sp³-hybridized carbons (Fsp3) is 0.667. The minimum atomic E-state index is -0.0607. The number of halogens is 1. The zero-order valence-electron chi connectivity index (χ0n) is 9.99. The van der Waals surface area contributed by atoms with Gasteiger partial charge >= 0.3 is 0 Å². The second-order valence-electron chi connectivity index (χ2n) is 4.48. The first-order valence-corrected chi connectivity index (χ1v) is 6.56. The third-order valence-corrected chi connectivity index (χ3v) is 3.52. The summed E-state index contributed by atoms with van der Waals surface area (Å²) in [6.45, 7) is 2.55. The molecule has 0 radical (unpaired) electrons. The smallest absolute Gasteiger partial charge is 0.276 e. The van der Waals surface area contributed by atoms with Crippen molar-refractivity contribution in [2.45, 2.75) is 38.6 Å². The molecular formula is C12H17ClN2O2. The quantitative estimate of drug-likeness (QED) is 0.764. The summed E-state index contributed by atoms with van der Waals surface area (Å²) in [7, 11) is 0. The largest absolute Gasteiger partial charge is 0.361 e. The Kier molecular flexibility index (Phi) is 4.05. The molecular weight excluding hydrogens is 240 g/mol. The second kappa shape index (κ2) is 5.54. The van der Waals surface area contributed by atoms with Crippen LogP contribution in [0.3, 0.4) is 0 Å². The first kappa shape index (κ1) is 12.4. The van der Waals surface area contributed by atoms with Crippen molar-refractivity contribution in [2.24, 2.45) is 0 Å². The third-order valence-electron chi connectivity index (χ3n) is 3.16. The topological polar surface area (TPSA) is 46.3 Å². The number of amides is 1. The van der Waals surface area contributed by atoms with E-state index >= 15 is 0 Å². The van der Waals surface area contributed by atoms with Crippen LogP contribution < -0.4 is 0 Å². The zero-order chi connectivity index (χ0) is 12.3. The number of carbonyl (C=O) groups is 1. The predicted octanol–water partition coefficient (Wildman–Crippen LogP) is 2.61. The van der Waals surface area contributed by atoms with Crippen molar-refractivity contribution in [2.75, 3.05) is 12.4 Å². The molecule has 1 aromatic rings. The van der Waals surface area contributed by atoms with Crippen molar-refractivity contribution in [1.82, 2.24) is 10.1 Å². The highest BCUT2D eigenvalue weighted by atomic mass is 35.5. The van der Waals surface area contributed by atoms with E-state index < -0.39 is 0 Å². The molecule has 5 heteroatoms. The van der Waals surface area contributed by atoms with E-state index in [1.54, 1.807) is 13.0 Å². The lowest BCUT2D eigenvalue weighted by Crippen LogP contribution is -2.41. The Balaban J connectivity index is 2.15. The van der Waals surface area contributed by atoms with Crippen molar-refractivity contribution >= 4 is 17.5 Å². The van der Waals surface area contributed by atoms with Crippen LogP contribution in [0.4, 0.5) is 0 Å². The molecule has 1 aromatic heterocycles. The molecule has 1 unspecified atom stereocenters. The van der Waals surface area contributed by atoms with Gasteiger partial charge in [0.1, 0.15) is 5.76 Å². The number of rotatable bonds is 2. The number of likely N-dealkylation sites (tertiary alicyclic amines) is 1. The van der Waals surface area contributed by atoms with E-state index in [0.29, 0.717) is 17.3 Å². The van der Waals surface area contributed by atoms with Gasteiger partial charge in [-0.15, -0.1) is 11.6 Å². The van der Waals surface area contributed by atoms with Crippen LogP contribution in [-0.4, -0.2) is 34.4 Å². The number of nitrogens with zero attached hydrogens (tertiary/aromatic N) is 2. The van der Waals surface area contributed by atoms with Crippen molar-refractivity contribution < 1.29 is 9.32 Å². The van der Waals surface area contributed by atoms with Gasteiger partial charge in [-0.3, -0.25) is 4.79 Å². The van der Waals surface area contributed by atoms with E-state index in [0.717, 1.165) is 32.2 Å². The Hall–Kier alpha value is -1.03. The minimum Gasteiger partial charge on any atom is -0.361 e. The van der Waals surface area contributed by atoms with Gasteiger partial charge in [-0.25, -0.2) is 0 Å². The number of aryl methyl sites for hydroxylation is 1. The van der Waals surface area contributed by atoms with Gasteiger partial charge in [0.15, 0.2) is 5.69 Å². The Morgan fingerprint density at radius 2 is 2.41 bits per heavy atom. The maximum Gasteiger partial charge on any atom is 0.276 e. The lowest BCUT2D eigenvalue weighted by molar-refractivity contribution is 0.0689. The van der Waals surface area contributed by atoms with Crippen LogP contribution in [0.5, 0.6) is 0 Å². The van der Waals surface area contributed by atoms with E-state index in [9.17, 15) is 4.79 Å². The molecule has 0 aromatic carbocycles. The fourth-order valence-corrected chi connectivity index (χ4v) is 2.54. The first-order valence-electron chi connectivity index (χ1n) is 6.02. The van der Waals surface area contributed by atoms with Gasteiger partial charge in [0.2, 0.25) is 0 Å². The summed E-state index contributed by atoms with van der Waals surface area (Å²) in [5.41, 5.74) is 0.388. The molecule has 1 aliphatic rings. The number of aromatic nitrogens is 1. The normalized spacial score (nSPS) is 21.3. The highest BCUT2D eigenvalue weighted by Crippen LogP contribution is 2.20. The number of hydrogen-bond acceptors (Lipinski definition) is 3.